The van der Waals surface area contributed by atoms with Crippen molar-refractivity contribution < 1.29 is 5.11 Å². The van der Waals surface area contributed by atoms with E-state index in [1.54, 1.807) is 0 Å². The summed E-state index contributed by atoms with van der Waals surface area (Å²) in [6.45, 7) is 2.06. The lowest BCUT2D eigenvalue weighted by molar-refractivity contribution is 0.139. The number of nitrogens with one attached hydrogen (secondary N) is 1. The number of aliphatic hydroxyl groups is 1. The minimum absolute atomic E-state index is 0.0622. The molecule has 0 aliphatic carbocycles. The van der Waals surface area contributed by atoms with E-state index >= 15 is 0 Å². The van der Waals surface area contributed by atoms with Crippen molar-refractivity contribution in [3.63, 3.8) is 0 Å². The van der Waals surface area contributed by atoms with Gasteiger partial charge >= 0.3 is 0 Å². The first-order chi connectivity index (χ1) is 16.2. The standard InChI is InChI=1S/C30H28NOP/c1-22(30(32)23-12-4-2-5-13-23)31-21-33(25-15-6-3-7-16-25)29-20-24-14-8-9-17-26(24)27-18-10-11-19-28(27)29/h2-20,22,30-32H,21H2,1H3/t22-,30-,33?/m0/s1. The van der Waals surface area contributed by atoms with Gasteiger partial charge in [-0.3, -0.25) is 0 Å². The summed E-state index contributed by atoms with van der Waals surface area (Å²) in [5.41, 5.74) is 0.942. The summed E-state index contributed by atoms with van der Waals surface area (Å²) in [7, 11) is -0.672. The molecule has 0 heterocycles. The molecule has 164 valence electrons. The average molecular weight is 450 g/mol. The molecule has 0 saturated heterocycles. The molecule has 5 aromatic carbocycles. The van der Waals surface area contributed by atoms with Crippen LogP contribution in [0.2, 0.25) is 0 Å². The predicted molar refractivity (Wildman–Crippen MR) is 143 cm³/mol. The Morgan fingerprint density at radius 3 is 2.00 bits per heavy atom. The van der Waals surface area contributed by atoms with Crippen molar-refractivity contribution in [3.8, 4) is 0 Å². The van der Waals surface area contributed by atoms with Crippen LogP contribution in [0.25, 0.3) is 21.5 Å². The lowest BCUT2D eigenvalue weighted by Gasteiger charge is -2.26. The van der Waals surface area contributed by atoms with Crippen molar-refractivity contribution in [1.82, 2.24) is 5.32 Å². The highest BCUT2D eigenvalue weighted by molar-refractivity contribution is 7.73. The van der Waals surface area contributed by atoms with Gasteiger partial charge in [0, 0.05) is 12.3 Å². The number of hydrogen-bond acceptors (Lipinski definition) is 2. The van der Waals surface area contributed by atoms with Gasteiger partial charge in [-0.15, -0.1) is 0 Å². The van der Waals surface area contributed by atoms with E-state index in [9.17, 15) is 5.11 Å². The first kappa shape index (κ1) is 21.8. The maximum absolute atomic E-state index is 10.9. The molecular formula is C30H28NOP. The summed E-state index contributed by atoms with van der Waals surface area (Å²) in [6.07, 6.45) is 0.249. The van der Waals surface area contributed by atoms with E-state index in [0.29, 0.717) is 0 Å². The van der Waals surface area contributed by atoms with Crippen LogP contribution in [0.15, 0.2) is 115 Å². The summed E-state index contributed by atoms with van der Waals surface area (Å²) < 4.78 is 0. The second kappa shape index (κ2) is 9.85. The van der Waals surface area contributed by atoms with Gasteiger partial charge in [0.05, 0.1) is 6.10 Å². The quantitative estimate of drug-likeness (QED) is 0.233. The summed E-state index contributed by atoms with van der Waals surface area (Å²) in [4.78, 5) is 0. The van der Waals surface area contributed by atoms with Crippen LogP contribution in [0, 0.1) is 0 Å². The van der Waals surface area contributed by atoms with Gasteiger partial charge in [0.1, 0.15) is 0 Å². The van der Waals surface area contributed by atoms with Crippen molar-refractivity contribution in [2.24, 2.45) is 0 Å². The summed E-state index contributed by atoms with van der Waals surface area (Å²) >= 11 is 0. The van der Waals surface area contributed by atoms with Crippen LogP contribution in [-0.4, -0.2) is 17.4 Å². The van der Waals surface area contributed by atoms with Gasteiger partial charge in [0.25, 0.3) is 0 Å². The van der Waals surface area contributed by atoms with Crippen LogP contribution in [0.4, 0.5) is 0 Å². The highest BCUT2D eigenvalue weighted by Gasteiger charge is 2.21. The Morgan fingerprint density at radius 2 is 1.27 bits per heavy atom. The van der Waals surface area contributed by atoms with Gasteiger partial charge in [0.2, 0.25) is 0 Å². The maximum atomic E-state index is 10.9. The molecule has 0 bridgehead atoms. The maximum Gasteiger partial charge on any atom is 0.0940 e. The fourth-order valence-corrected chi connectivity index (χ4v) is 6.88. The zero-order chi connectivity index (χ0) is 22.6. The van der Waals surface area contributed by atoms with Crippen LogP contribution >= 0.6 is 7.92 Å². The third-order valence-corrected chi connectivity index (χ3v) is 8.66. The predicted octanol–water partition coefficient (Wildman–Crippen LogP) is 6.09. The summed E-state index contributed by atoms with van der Waals surface area (Å²) in [6, 6.07) is 40.4. The Hall–Kier alpha value is -3.03. The molecule has 0 aliphatic rings. The van der Waals surface area contributed by atoms with Crippen LogP contribution in [-0.2, 0) is 0 Å². The SMILES string of the molecule is C[C@H](NCP(c1ccccc1)c1cc2ccccc2c2ccccc12)[C@H](O)c1ccccc1. The van der Waals surface area contributed by atoms with E-state index in [-0.39, 0.29) is 6.04 Å². The third kappa shape index (κ3) is 4.56. The van der Waals surface area contributed by atoms with Crippen LogP contribution in [0.5, 0.6) is 0 Å². The zero-order valence-corrected chi connectivity index (χ0v) is 19.6. The fraction of sp³-hybridized carbons (Fsp3) is 0.133. The third-order valence-electron chi connectivity index (χ3n) is 6.29. The van der Waals surface area contributed by atoms with E-state index in [1.807, 2.05) is 30.3 Å². The number of hydrogen-bond donors (Lipinski definition) is 2. The first-order valence-electron chi connectivity index (χ1n) is 11.4. The molecule has 5 rings (SSSR count). The molecule has 0 aliphatic heterocycles. The molecule has 0 radical (unpaired) electrons. The van der Waals surface area contributed by atoms with Crippen molar-refractivity contribution in [2.45, 2.75) is 19.1 Å². The topological polar surface area (TPSA) is 32.3 Å². The molecule has 0 fully saturated rings. The van der Waals surface area contributed by atoms with E-state index < -0.39 is 14.0 Å². The smallest absolute Gasteiger partial charge is 0.0940 e. The molecule has 2 N–H and O–H groups in total. The Morgan fingerprint density at radius 1 is 0.697 bits per heavy atom. The van der Waals surface area contributed by atoms with Crippen molar-refractivity contribution >= 4 is 40.1 Å². The van der Waals surface area contributed by atoms with Crippen LogP contribution in [0.3, 0.4) is 0 Å². The number of benzene rings is 5. The molecule has 0 aromatic heterocycles. The van der Waals surface area contributed by atoms with Gasteiger partial charge < -0.3 is 10.4 Å². The Bertz CT molecular complexity index is 1350. The highest BCUT2D eigenvalue weighted by atomic mass is 31.1. The molecule has 0 amide bonds. The Labute approximate surface area is 196 Å². The highest BCUT2D eigenvalue weighted by Crippen LogP contribution is 2.38. The normalized spacial score (nSPS) is 14.2. The fourth-order valence-electron chi connectivity index (χ4n) is 4.47. The van der Waals surface area contributed by atoms with Crippen LogP contribution in [0.1, 0.15) is 18.6 Å². The van der Waals surface area contributed by atoms with Gasteiger partial charge in [-0.25, -0.2) is 0 Å². The molecular weight excluding hydrogens is 421 g/mol. The second-order valence-electron chi connectivity index (χ2n) is 8.43. The molecule has 0 spiro atoms. The largest absolute Gasteiger partial charge is 0.387 e. The molecule has 3 heteroatoms. The van der Waals surface area contributed by atoms with Gasteiger partial charge in [-0.05, 0) is 58.6 Å². The van der Waals surface area contributed by atoms with E-state index in [2.05, 4.69) is 97.2 Å². The molecule has 3 atom stereocenters. The van der Waals surface area contributed by atoms with Gasteiger partial charge in [0.15, 0.2) is 0 Å². The van der Waals surface area contributed by atoms with Crippen molar-refractivity contribution in [2.75, 3.05) is 6.29 Å². The molecule has 1 unspecified atom stereocenters. The van der Waals surface area contributed by atoms with Gasteiger partial charge in [-0.1, -0.05) is 109 Å². The first-order valence-corrected chi connectivity index (χ1v) is 12.9. The monoisotopic (exact) mass is 449 g/mol. The average Bonchev–Trinajstić information content (AvgIpc) is 2.89. The Balaban J connectivity index is 1.54. The summed E-state index contributed by atoms with van der Waals surface area (Å²) in [5.74, 6) is 0. The lowest BCUT2D eigenvalue weighted by Crippen LogP contribution is -2.34. The van der Waals surface area contributed by atoms with Crippen LogP contribution < -0.4 is 15.9 Å². The molecule has 5 aromatic rings. The second-order valence-corrected chi connectivity index (χ2v) is 10.6. The van der Waals surface area contributed by atoms with Crippen molar-refractivity contribution in [1.29, 1.82) is 0 Å². The lowest BCUT2D eigenvalue weighted by atomic mass is 10.0. The molecule has 33 heavy (non-hydrogen) atoms. The summed E-state index contributed by atoms with van der Waals surface area (Å²) in [5, 5.41) is 22.4. The number of fused-ring (bicyclic) bond motifs is 3. The number of rotatable bonds is 7. The van der Waals surface area contributed by atoms with E-state index in [1.165, 1.54) is 32.2 Å². The van der Waals surface area contributed by atoms with E-state index in [4.69, 9.17) is 0 Å². The minimum atomic E-state index is -0.672. The number of aliphatic hydroxyl groups excluding tert-OH is 1. The van der Waals surface area contributed by atoms with E-state index in [0.717, 1.165) is 11.8 Å². The minimum Gasteiger partial charge on any atom is -0.387 e. The molecule has 0 saturated carbocycles. The Kier molecular flexibility index (Phi) is 6.51. The van der Waals surface area contributed by atoms with Crippen molar-refractivity contribution in [3.05, 3.63) is 121 Å². The zero-order valence-electron chi connectivity index (χ0n) is 18.7. The molecule has 2 nitrogen and oxygen atoms in total. The van der Waals surface area contributed by atoms with Gasteiger partial charge in [-0.2, -0.15) is 0 Å².